The molecule has 0 aliphatic heterocycles. The van der Waals surface area contributed by atoms with Crippen LogP contribution in [-0.4, -0.2) is 9.55 Å². The van der Waals surface area contributed by atoms with E-state index in [0.717, 1.165) is 29.6 Å². The third kappa shape index (κ3) is 2.64. The molecule has 106 valence electrons. The zero-order valence-electron chi connectivity index (χ0n) is 11.9. The van der Waals surface area contributed by atoms with Gasteiger partial charge in [-0.2, -0.15) is 0 Å². The lowest BCUT2D eigenvalue weighted by Gasteiger charge is -2.09. The van der Waals surface area contributed by atoms with Crippen LogP contribution in [0.2, 0.25) is 0 Å². The molecule has 0 radical (unpaired) electrons. The highest BCUT2D eigenvalue weighted by atomic mass is 16.5. The van der Waals surface area contributed by atoms with Gasteiger partial charge >= 0.3 is 0 Å². The van der Waals surface area contributed by atoms with Crippen LogP contribution in [0.3, 0.4) is 0 Å². The van der Waals surface area contributed by atoms with Gasteiger partial charge in [-0.3, -0.25) is 0 Å². The molecule has 0 amide bonds. The highest BCUT2D eigenvalue weighted by Gasteiger charge is 2.24. The molecule has 3 aromatic rings. The topological polar surface area (TPSA) is 27.1 Å². The zero-order valence-corrected chi connectivity index (χ0v) is 11.9. The second-order valence-electron chi connectivity index (χ2n) is 5.67. The minimum Gasteiger partial charge on any atom is -0.486 e. The summed E-state index contributed by atoms with van der Waals surface area (Å²) in [6.07, 6.45) is 2.68. The maximum atomic E-state index is 5.88. The highest BCUT2D eigenvalue weighted by molar-refractivity contribution is 5.75. The van der Waals surface area contributed by atoms with Crippen LogP contribution in [0.5, 0.6) is 5.75 Å². The molecule has 0 atom stereocenters. The van der Waals surface area contributed by atoms with Crippen LogP contribution in [0.15, 0.2) is 54.6 Å². The molecule has 2 aromatic carbocycles. The second-order valence-corrected chi connectivity index (χ2v) is 5.67. The van der Waals surface area contributed by atoms with Gasteiger partial charge in [-0.1, -0.05) is 30.3 Å². The third-order valence-corrected chi connectivity index (χ3v) is 3.98. The van der Waals surface area contributed by atoms with E-state index in [9.17, 15) is 0 Å². The Kier molecular flexibility index (Phi) is 3.11. The fraction of sp³-hybridized carbons (Fsp3) is 0.278. The van der Waals surface area contributed by atoms with Crippen LogP contribution < -0.4 is 4.74 Å². The summed E-state index contributed by atoms with van der Waals surface area (Å²) >= 11 is 0. The molecule has 3 heteroatoms. The van der Waals surface area contributed by atoms with E-state index < -0.39 is 0 Å². The van der Waals surface area contributed by atoms with E-state index in [0.29, 0.717) is 6.61 Å². The monoisotopic (exact) mass is 278 g/mol. The minimum absolute atomic E-state index is 0.519. The van der Waals surface area contributed by atoms with Crippen molar-refractivity contribution in [2.24, 2.45) is 5.92 Å². The Labute approximate surface area is 124 Å². The van der Waals surface area contributed by atoms with Gasteiger partial charge in [0.05, 0.1) is 11.0 Å². The maximum absolute atomic E-state index is 5.88. The molecule has 21 heavy (non-hydrogen) atoms. The van der Waals surface area contributed by atoms with Gasteiger partial charge in [0.25, 0.3) is 0 Å². The SMILES string of the molecule is c1ccc(OCc2nc3ccccc3n2CC2CC2)cc1. The van der Waals surface area contributed by atoms with Crippen LogP contribution in [0.25, 0.3) is 11.0 Å². The van der Waals surface area contributed by atoms with Crippen molar-refractivity contribution in [3.05, 3.63) is 60.4 Å². The van der Waals surface area contributed by atoms with Crippen LogP contribution in [0.4, 0.5) is 0 Å². The second kappa shape index (κ2) is 5.24. The molecule has 0 saturated heterocycles. The van der Waals surface area contributed by atoms with Crippen molar-refractivity contribution in [2.45, 2.75) is 26.0 Å². The average Bonchev–Trinajstić information content (AvgIpc) is 3.28. The molecule has 1 saturated carbocycles. The lowest BCUT2D eigenvalue weighted by atomic mass is 10.3. The quantitative estimate of drug-likeness (QED) is 0.704. The summed E-state index contributed by atoms with van der Waals surface area (Å²) in [5, 5.41) is 0. The predicted octanol–water partition coefficient (Wildman–Crippen LogP) is 4.03. The number of ether oxygens (including phenoxy) is 1. The molecule has 0 unspecified atom stereocenters. The normalized spacial score (nSPS) is 14.5. The van der Waals surface area contributed by atoms with Gasteiger partial charge < -0.3 is 9.30 Å². The van der Waals surface area contributed by atoms with Crippen molar-refractivity contribution in [1.29, 1.82) is 0 Å². The van der Waals surface area contributed by atoms with E-state index in [-0.39, 0.29) is 0 Å². The average molecular weight is 278 g/mol. The van der Waals surface area contributed by atoms with Crippen molar-refractivity contribution in [3.8, 4) is 5.75 Å². The molecule has 0 N–H and O–H groups in total. The van der Waals surface area contributed by atoms with Gasteiger partial charge in [0.2, 0.25) is 0 Å². The summed E-state index contributed by atoms with van der Waals surface area (Å²) in [5.74, 6) is 2.73. The van der Waals surface area contributed by atoms with Crippen molar-refractivity contribution >= 4 is 11.0 Å². The predicted molar refractivity (Wildman–Crippen MR) is 83.2 cm³/mol. The smallest absolute Gasteiger partial charge is 0.148 e. The standard InChI is InChI=1S/C18H18N2O/c1-2-6-15(7-3-1)21-13-18-19-16-8-4-5-9-17(16)20(18)12-14-10-11-14/h1-9,14H,10-13H2. The Balaban J connectivity index is 1.63. The first-order valence-electron chi connectivity index (χ1n) is 7.52. The van der Waals surface area contributed by atoms with E-state index in [4.69, 9.17) is 9.72 Å². The third-order valence-electron chi connectivity index (χ3n) is 3.98. The van der Waals surface area contributed by atoms with Gasteiger partial charge in [-0.15, -0.1) is 0 Å². The first-order valence-corrected chi connectivity index (χ1v) is 7.52. The number of nitrogens with zero attached hydrogens (tertiary/aromatic N) is 2. The van der Waals surface area contributed by atoms with Crippen molar-refractivity contribution in [1.82, 2.24) is 9.55 Å². The number of hydrogen-bond donors (Lipinski definition) is 0. The Hall–Kier alpha value is -2.29. The molecule has 1 aliphatic carbocycles. The van der Waals surface area contributed by atoms with Crippen LogP contribution in [0, 0.1) is 5.92 Å². The fourth-order valence-corrected chi connectivity index (χ4v) is 2.66. The molecule has 1 fully saturated rings. The molecule has 0 bridgehead atoms. The van der Waals surface area contributed by atoms with Gasteiger partial charge in [0.1, 0.15) is 18.2 Å². The largest absolute Gasteiger partial charge is 0.486 e. The Morgan fingerprint density at radius 1 is 1.00 bits per heavy atom. The van der Waals surface area contributed by atoms with E-state index >= 15 is 0 Å². The van der Waals surface area contributed by atoms with Gasteiger partial charge in [0, 0.05) is 6.54 Å². The van der Waals surface area contributed by atoms with Crippen molar-refractivity contribution in [3.63, 3.8) is 0 Å². The van der Waals surface area contributed by atoms with E-state index in [1.54, 1.807) is 0 Å². The van der Waals surface area contributed by atoms with E-state index in [1.165, 1.54) is 18.4 Å². The summed E-state index contributed by atoms with van der Waals surface area (Å²) in [4.78, 5) is 4.75. The Morgan fingerprint density at radius 2 is 1.76 bits per heavy atom. The number of para-hydroxylation sites is 3. The number of benzene rings is 2. The number of aromatic nitrogens is 2. The fourth-order valence-electron chi connectivity index (χ4n) is 2.66. The molecular formula is C18H18N2O. The van der Waals surface area contributed by atoms with Gasteiger partial charge in [0.15, 0.2) is 0 Å². The lowest BCUT2D eigenvalue weighted by molar-refractivity contribution is 0.289. The molecule has 1 aromatic heterocycles. The van der Waals surface area contributed by atoms with Crippen LogP contribution in [0.1, 0.15) is 18.7 Å². The molecule has 4 rings (SSSR count). The van der Waals surface area contributed by atoms with E-state index in [2.05, 4.69) is 22.8 Å². The van der Waals surface area contributed by atoms with Gasteiger partial charge in [-0.25, -0.2) is 4.98 Å². The molecule has 1 aliphatic rings. The van der Waals surface area contributed by atoms with Gasteiger partial charge in [-0.05, 0) is 43.0 Å². The first-order chi connectivity index (χ1) is 10.4. The summed E-state index contributed by atoms with van der Waals surface area (Å²) in [5.41, 5.74) is 2.28. The van der Waals surface area contributed by atoms with Crippen LogP contribution >= 0.6 is 0 Å². The summed E-state index contributed by atoms with van der Waals surface area (Å²) in [6, 6.07) is 18.3. The number of imidazole rings is 1. The molecular weight excluding hydrogens is 260 g/mol. The Bertz CT molecular complexity index is 744. The number of rotatable bonds is 5. The maximum Gasteiger partial charge on any atom is 0.148 e. The molecule has 1 heterocycles. The highest BCUT2D eigenvalue weighted by Crippen LogP contribution is 2.32. The molecule has 0 spiro atoms. The van der Waals surface area contributed by atoms with Crippen LogP contribution in [-0.2, 0) is 13.2 Å². The van der Waals surface area contributed by atoms with Crippen molar-refractivity contribution < 1.29 is 4.74 Å². The lowest BCUT2D eigenvalue weighted by Crippen LogP contribution is -2.08. The first kappa shape index (κ1) is 12.5. The molecule has 3 nitrogen and oxygen atoms in total. The summed E-state index contributed by atoms with van der Waals surface area (Å²) < 4.78 is 8.21. The summed E-state index contributed by atoms with van der Waals surface area (Å²) in [7, 11) is 0. The number of fused-ring (bicyclic) bond motifs is 1. The Morgan fingerprint density at radius 3 is 2.57 bits per heavy atom. The van der Waals surface area contributed by atoms with Crippen molar-refractivity contribution in [2.75, 3.05) is 0 Å². The minimum atomic E-state index is 0.519. The number of hydrogen-bond acceptors (Lipinski definition) is 2. The summed E-state index contributed by atoms with van der Waals surface area (Å²) in [6.45, 7) is 1.58. The zero-order chi connectivity index (χ0) is 14.1. The van der Waals surface area contributed by atoms with E-state index in [1.807, 2.05) is 36.4 Å².